The standard InChI is InChI=1S/C16H21N3O2/c1-10(2)15-18-13-8-6-5-7-12(13)16(21)19(15)9-14(20)17-11(3)4/h5-8,10-11H,9H2,1-4H3,(H,17,20). The summed E-state index contributed by atoms with van der Waals surface area (Å²) in [5, 5.41) is 3.35. The topological polar surface area (TPSA) is 64.0 Å². The zero-order valence-corrected chi connectivity index (χ0v) is 12.9. The Balaban J connectivity index is 2.54. The number of hydrogen-bond acceptors (Lipinski definition) is 3. The van der Waals surface area contributed by atoms with E-state index in [4.69, 9.17) is 0 Å². The first-order valence-electron chi connectivity index (χ1n) is 7.19. The lowest BCUT2D eigenvalue weighted by Gasteiger charge is -2.16. The van der Waals surface area contributed by atoms with Crippen LogP contribution in [0.5, 0.6) is 0 Å². The van der Waals surface area contributed by atoms with Crippen LogP contribution in [-0.4, -0.2) is 21.5 Å². The van der Waals surface area contributed by atoms with Crippen molar-refractivity contribution in [3.05, 3.63) is 40.4 Å². The van der Waals surface area contributed by atoms with E-state index in [0.29, 0.717) is 16.7 Å². The molecule has 1 amide bonds. The summed E-state index contributed by atoms with van der Waals surface area (Å²) in [5.74, 6) is 0.526. The second-order valence-electron chi connectivity index (χ2n) is 5.76. The summed E-state index contributed by atoms with van der Waals surface area (Å²) in [6.07, 6.45) is 0. The van der Waals surface area contributed by atoms with Crippen LogP contribution in [0, 0.1) is 0 Å². The summed E-state index contributed by atoms with van der Waals surface area (Å²) in [4.78, 5) is 29.2. The molecule has 2 aromatic rings. The summed E-state index contributed by atoms with van der Waals surface area (Å²) in [5.41, 5.74) is 0.509. The van der Waals surface area contributed by atoms with Crippen LogP contribution < -0.4 is 10.9 Å². The lowest BCUT2D eigenvalue weighted by atomic mass is 10.1. The molecule has 1 aromatic carbocycles. The lowest BCUT2D eigenvalue weighted by Crippen LogP contribution is -2.37. The zero-order valence-electron chi connectivity index (χ0n) is 12.9. The molecule has 0 atom stereocenters. The van der Waals surface area contributed by atoms with Crippen molar-refractivity contribution in [1.29, 1.82) is 0 Å². The monoisotopic (exact) mass is 287 g/mol. The van der Waals surface area contributed by atoms with E-state index in [1.165, 1.54) is 4.57 Å². The molecule has 1 N–H and O–H groups in total. The van der Waals surface area contributed by atoms with Crippen molar-refractivity contribution in [2.75, 3.05) is 0 Å². The van der Waals surface area contributed by atoms with Gasteiger partial charge in [0, 0.05) is 12.0 Å². The molecule has 1 heterocycles. The smallest absolute Gasteiger partial charge is 0.261 e. The van der Waals surface area contributed by atoms with Gasteiger partial charge in [0.15, 0.2) is 0 Å². The van der Waals surface area contributed by atoms with E-state index >= 15 is 0 Å². The van der Waals surface area contributed by atoms with E-state index < -0.39 is 0 Å². The maximum Gasteiger partial charge on any atom is 0.261 e. The van der Waals surface area contributed by atoms with Gasteiger partial charge in [-0.2, -0.15) is 0 Å². The number of nitrogens with one attached hydrogen (secondary N) is 1. The summed E-state index contributed by atoms with van der Waals surface area (Å²) in [7, 11) is 0. The summed E-state index contributed by atoms with van der Waals surface area (Å²) in [6, 6.07) is 7.27. The highest BCUT2D eigenvalue weighted by Crippen LogP contribution is 2.14. The molecule has 21 heavy (non-hydrogen) atoms. The first-order valence-corrected chi connectivity index (χ1v) is 7.19. The third-order valence-electron chi connectivity index (χ3n) is 3.16. The van der Waals surface area contributed by atoms with Crippen LogP contribution in [0.1, 0.15) is 39.4 Å². The molecule has 0 aliphatic rings. The van der Waals surface area contributed by atoms with Crippen LogP contribution in [0.3, 0.4) is 0 Å². The number of rotatable bonds is 4. The predicted octanol–water partition coefficient (Wildman–Crippen LogP) is 2.04. The van der Waals surface area contributed by atoms with Gasteiger partial charge < -0.3 is 5.32 Å². The second-order valence-corrected chi connectivity index (χ2v) is 5.76. The van der Waals surface area contributed by atoms with Crippen molar-refractivity contribution in [3.8, 4) is 0 Å². The van der Waals surface area contributed by atoms with Crippen LogP contribution in [0.4, 0.5) is 0 Å². The highest BCUT2D eigenvalue weighted by Gasteiger charge is 2.16. The molecule has 0 aliphatic heterocycles. The predicted molar refractivity (Wildman–Crippen MR) is 83.4 cm³/mol. The van der Waals surface area contributed by atoms with Gasteiger partial charge in [-0.25, -0.2) is 4.98 Å². The average Bonchev–Trinajstić information content (AvgIpc) is 2.40. The minimum absolute atomic E-state index is 0.00234. The van der Waals surface area contributed by atoms with Crippen LogP contribution in [-0.2, 0) is 11.3 Å². The van der Waals surface area contributed by atoms with Crippen molar-refractivity contribution in [2.45, 2.75) is 46.2 Å². The third kappa shape index (κ3) is 3.29. The normalized spacial score (nSPS) is 11.3. The number of aromatic nitrogens is 2. The van der Waals surface area contributed by atoms with E-state index in [9.17, 15) is 9.59 Å². The van der Waals surface area contributed by atoms with Gasteiger partial charge in [-0.15, -0.1) is 0 Å². The van der Waals surface area contributed by atoms with Gasteiger partial charge in [-0.3, -0.25) is 14.2 Å². The van der Waals surface area contributed by atoms with Gasteiger partial charge >= 0.3 is 0 Å². The minimum atomic E-state index is -0.175. The van der Waals surface area contributed by atoms with Crippen molar-refractivity contribution < 1.29 is 4.79 Å². The number of fused-ring (bicyclic) bond motifs is 1. The third-order valence-corrected chi connectivity index (χ3v) is 3.16. The SMILES string of the molecule is CC(C)NC(=O)Cn1c(C(C)C)nc2ccccc2c1=O. The van der Waals surface area contributed by atoms with E-state index in [1.54, 1.807) is 12.1 Å². The molecule has 0 spiro atoms. The molecule has 2 rings (SSSR count). The van der Waals surface area contributed by atoms with E-state index in [0.717, 1.165) is 0 Å². The Hall–Kier alpha value is -2.17. The maximum atomic E-state index is 12.6. The summed E-state index contributed by atoms with van der Waals surface area (Å²) >= 11 is 0. The van der Waals surface area contributed by atoms with E-state index in [1.807, 2.05) is 39.8 Å². The van der Waals surface area contributed by atoms with Crippen LogP contribution in [0.25, 0.3) is 10.9 Å². The molecule has 0 bridgehead atoms. The van der Waals surface area contributed by atoms with Crippen LogP contribution in [0.15, 0.2) is 29.1 Å². The van der Waals surface area contributed by atoms with Gasteiger partial charge in [0.1, 0.15) is 12.4 Å². The Morgan fingerprint density at radius 2 is 1.90 bits per heavy atom. The second kappa shape index (κ2) is 6.08. The molecule has 5 nitrogen and oxygen atoms in total. The molecule has 0 aliphatic carbocycles. The van der Waals surface area contributed by atoms with Gasteiger partial charge in [-0.05, 0) is 26.0 Å². The summed E-state index contributed by atoms with van der Waals surface area (Å²) in [6.45, 7) is 7.72. The van der Waals surface area contributed by atoms with Gasteiger partial charge in [-0.1, -0.05) is 26.0 Å². The summed E-state index contributed by atoms with van der Waals surface area (Å²) < 4.78 is 1.48. The molecule has 0 fully saturated rings. The number of hydrogen-bond donors (Lipinski definition) is 1. The molecule has 5 heteroatoms. The fourth-order valence-electron chi connectivity index (χ4n) is 2.29. The number of nitrogens with zero attached hydrogens (tertiary/aromatic N) is 2. The number of benzene rings is 1. The first-order chi connectivity index (χ1) is 9.90. The Kier molecular flexibility index (Phi) is 4.40. The average molecular weight is 287 g/mol. The largest absolute Gasteiger partial charge is 0.352 e. The van der Waals surface area contributed by atoms with Crippen molar-refractivity contribution >= 4 is 16.8 Å². The van der Waals surface area contributed by atoms with Crippen molar-refractivity contribution in [2.24, 2.45) is 0 Å². The van der Waals surface area contributed by atoms with E-state index in [2.05, 4.69) is 10.3 Å². The van der Waals surface area contributed by atoms with E-state index in [-0.39, 0.29) is 30.0 Å². The lowest BCUT2D eigenvalue weighted by molar-refractivity contribution is -0.122. The molecular formula is C16H21N3O2. The molecule has 0 radical (unpaired) electrons. The molecule has 0 saturated carbocycles. The molecular weight excluding hydrogens is 266 g/mol. The Morgan fingerprint density at radius 3 is 2.52 bits per heavy atom. The Morgan fingerprint density at radius 1 is 1.24 bits per heavy atom. The Labute approximate surface area is 124 Å². The quantitative estimate of drug-likeness (QED) is 0.936. The first kappa shape index (κ1) is 15.2. The number of amides is 1. The van der Waals surface area contributed by atoms with Gasteiger partial charge in [0.2, 0.25) is 5.91 Å². The molecule has 0 unspecified atom stereocenters. The number of carbonyl (C=O) groups excluding carboxylic acids is 1. The molecule has 0 saturated heterocycles. The Bertz CT molecular complexity index is 717. The fraction of sp³-hybridized carbons (Fsp3) is 0.438. The van der Waals surface area contributed by atoms with Gasteiger partial charge in [0.25, 0.3) is 5.56 Å². The zero-order chi connectivity index (χ0) is 15.6. The molecule has 1 aromatic heterocycles. The number of para-hydroxylation sites is 1. The van der Waals surface area contributed by atoms with Crippen molar-refractivity contribution in [1.82, 2.24) is 14.9 Å². The fourth-order valence-corrected chi connectivity index (χ4v) is 2.29. The molecule has 112 valence electrons. The maximum absolute atomic E-state index is 12.6. The highest BCUT2D eigenvalue weighted by molar-refractivity contribution is 5.79. The van der Waals surface area contributed by atoms with Gasteiger partial charge in [0.05, 0.1) is 10.9 Å². The minimum Gasteiger partial charge on any atom is -0.352 e. The van der Waals surface area contributed by atoms with Crippen molar-refractivity contribution in [3.63, 3.8) is 0 Å². The van der Waals surface area contributed by atoms with Crippen LogP contribution in [0.2, 0.25) is 0 Å². The number of carbonyl (C=O) groups is 1. The highest BCUT2D eigenvalue weighted by atomic mass is 16.2. The van der Waals surface area contributed by atoms with Crippen LogP contribution >= 0.6 is 0 Å².